The molecule has 150 valence electrons. The predicted octanol–water partition coefficient (Wildman–Crippen LogP) is 0.859. The minimum atomic E-state index is -0.966. The van der Waals surface area contributed by atoms with Gasteiger partial charge >= 0.3 is 17.6 Å². The molecular weight excluding hydrogens is 378 g/mol. The summed E-state index contributed by atoms with van der Waals surface area (Å²) in [6.45, 7) is -0.644. The molecule has 0 spiro atoms. The van der Waals surface area contributed by atoms with Gasteiger partial charge in [0.2, 0.25) is 0 Å². The van der Waals surface area contributed by atoms with Crippen LogP contribution in [0.15, 0.2) is 54.9 Å². The van der Waals surface area contributed by atoms with Crippen LogP contribution in [0.25, 0.3) is 10.9 Å². The number of H-pyrrole nitrogens is 1. The van der Waals surface area contributed by atoms with Crippen LogP contribution in [0.4, 0.5) is 0 Å². The smallest absolute Gasteiger partial charge is 0.405 e. The van der Waals surface area contributed by atoms with E-state index in [1.54, 1.807) is 6.20 Å². The van der Waals surface area contributed by atoms with E-state index >= 15 is 0 Å². The Labute approximate surface area is 165 Å². The summed E-state index contributed by atoms with van der Waals surface area (Å²) in [6.07, 6.45) is 3.09. The van der Waals surface area contributed by atoms with Crippen molar-refractivity contribution in [2.24, 2.45) is 0 Å². The topological polar surface area (TPSA) is 124 Å². The maximum absolute atomic E-state index is 12.2. The van der Waals surface area contributed by atoms with Crippen LogP contribution in [0.5, 0.6) is 0 Å². The van der Waals surface area contributed by atoms with Gasteiger partial charge in [-0.15, -0.1) is 0 Å². The first kappa shape index (κ1) is 19.9. The van der Waals surface area contributed by atoms with Crippen molar-refractivity contribution in [2.45, 2.75) is 12.5 Å². The molecule has 0 saturated carbocycles. The summed E-state index contributed by atoms with van der Waals surface area (Å²) in [4.78, 5) is 39.3. The molecule has 9 nitrogen and oxygen atoms in total. The van der Waals surface area contributed by atoms with E-state index in [9.17, 15) is 19.6 Å². The Kier molecular flexibility index (Phi) is 6.08. The maximum atomic E-state index is 12.2. The van der Waals surface area contributed by atoms with Gasteiger partial charge in [-0.3, -0.25) is 4.79 Å². The summed E-state index contributed by atoms with van der Waals surface area (Å²) in [5.41, 5.74) is 1.48. The summed E-state index contributed by atoms with van der Waals surface area (Å²) in [5, 5.41) is 15.0. The number of ether oxygens (including phenoxy) is 2. The Morgan fingerprint density at radius 3 is 2.69 bits per heavy atom. The Balaban J connectivity index is 1.64. The van der Waals surface area contributed by atoms with Gasteiger partial charge in [-0.25, -0.2) is 9.59 Å². The quantitative estimate of drug-likeness (QED) is 0.346. The van der Waals surface area contributed by atoms with Crippen molar-refractivity contribution in [3.63, 3.8) is 0 Å². The lowest BCUT2D eigenvalue weighted by Crippen LogP contribution is -2.45. The molecule has 3 rings (SSSR count). The lowest BCUT2D eigenvalue weighted by atomic mass is 10.0. The van der Waals surface area contributed by atoms with E-state index in [4.69, 9.17) is 9.47 Å². The van der Waals surface area contributed by atoms with Crippen LogP contribution in [0.1, 0.15) is 16.1 Å². The van der Waals surface area contributed by atoms with Gasteiger partial charge in [-0.1, -0.05) is 18.2 Å². The number of fused-ring (bicyclic) bond motifs is 1. The molecular formula is C20H19N3O6. The zero-order valence-corrected chi connectivity index (χ0v) is 15.6. The number of nitrogens with one attached hydrogen (secondary N) is 2. The van der Waals surface area contributed by atoms with Gasteiger partial charge in [-0.05, 0) is 17.7 Å². The summed E-state index contributed by atoms with van der Waals surface area (Å²) in [6, 6.07) is 10.8. The summed E-state index contributed by atoms with van der Waals surface area (Å²) in [5.74, 6) is -2.26. The highest BCUT2D eigenvalue weighted by molar-refractivity contribution is 5.90. The second-order valence-corrected chi connectivity index (χ2v) is 6.19. The number of amides is 1. The highest BCUT2D eigenvalue weighted by atomic mass is 16.5. The third kappa shape index (κ3) is 4.70. The van der Waals surface area contributed by atoms with Gasteiger partial charge in [-0.2, -0.15) is 4.73 Å². The zero-order chi connectivity index (χ0) is 20.8. The number of esters is 2. The standard InChI is InChI=1S/C20H19N3O6/c1-28-19(25)16(10-13-11-21-15-7-3-2-6-14(13)15)22-18(24)12-29-20(26)17-8-4-5-9-23(17)27/h2-9,11,16,21H,10,12H2,1H3,(H,22,24)/t16-/m1/s1. The molecule has 2 N–H and O–H groups in total. The number of aromatic amines is 1. The Hall–Kier alpha value is -3.88. The van der Waals surface area contributed by atoms with E-state index in [0.29, 0.717) is 4.73 Å². The van der Waals surface area contributed by atoms with Crippen molar-refractivity contribution in [1.29, 1.82) is 0 Å². The van der Waals surface area contributed by atoms with Gasteiger partial charge in [0.1, 0.15) is 6.04 Å². The van der Waals surface area contributed by atoms with E-state index in [-0.39, 0.29) is 12.1 Å². The number of methoxy groups -OCH3 is 1. The van der Waals surface area contributed by atoms with Crippen LogP contribution < -0.4 is 10.0 Å². The number of pyridine rings is 1. The Morgan fingerprint density at radius 2 is 1.93 bits per heavy atom. The van der Waals surface area contributed by atoms with Gasteiger partial charge in [0.25, 0.3) is 5.91 Å². The number of para-hydroxylation sites is 1. The maximum Gasteiger partial charge on any atom is 0.405 e. The van der Waals surface area contributed by atoms with Crippen LogP contribution in [-0.4, -0.2) is 42.6 Å². The van der Waals surface area contributed by atoms with Crippen LogP contribution in [-0.2, 0) is 25.5 Å². The summed E-state index contributed by atoms with van der Waals surface area (Å²) in [7, 11) is 1.22. The molecule has 2 aromatic heterocycles. The fraction of sp³-hybridized carbons (Fsp3) is 0.200. The molecule has 2 heterocycles. The number of carbonyl (C=O) groups is 3. The average Bonchev–Trinajstić information content (AvgIpc) is 3.14. The van der Waals surface area contributed by atoms with Crippen molar-refractivity contribution < 1.29 is 28.6 Å². The molecule has 0 aliphatic rings. The molecule has 0 aliphatic carbocycles. The molecule has 1 aromatic carbocycles. The minimum absolute atomic E-state index is 0.190. The van der Waals surface area contributed by atoms with Gasteiger partial charge in [0, 0.05) is 35.7 Å². The van der Waals surface area contributed by atoms with Crippen LogP contribution in [0.3, 0.4) is 0 Å². The summed E-state index contributed by atoms with van der Waals surface area (Å²) < 4.78 is 9.97. The van der Waals surface area contributed by atoms with Crippen molar-refractivity contribution >= 4 is 28.7 Å². The molecule has 9 heteroatoms. The second kappa shape index (κ2) is 8.87. The van der Waals surface area contributed by atoms with Crippen molar-refractivity contribution in [2.75, 3.05) is 13.7 Å². The van der Waals surface area contributed by atoms with Crippen LogP contribution in [0, 0.1) is 5.21 Å². The molecule has 0 unspecified atom stereocenters. The number of nitrogens with zero attached hydrogens (tertiary/aromatic N) is 1. The number of benzene rings is 1. The number of hydrogen-bond donors (Lipinski definition) is 2. The van der Waals surface area contributed by atoms with Gasteiger partial charge in [0.05, 0.1) is 7.11 Å². The van der Waals surface area contributed by atoms with E-state index < -0.39 is 30.5 Å². The molecule has 1 amide bonds. The van der Waals surface area contributed by atoms with Crippen LogP contribution >= 0.6 is 0 Å². The Morgan fingerprint density at radius 1 is 1.17 bits per heavy atom. The van der Waals surface area contributed by atoms with Gasteiger partial charge < -0.3 is 25.0 Å². The van der Waals surface area contributed by atoms with Crippen LogP contribution in [0.2, 0.25) is 0 Å². The molecule has 0 saturated heterocycles. The third-order valence-electron chi connectivity index (χ3n) is 4.29. The first-order valence-corrected chi connectivity index (χ1v) is 8.77. The van der Waals surface area contributed by atoms with Crippen molar-refractivity contribution in [3.05, 3.63) is 71.3 Å². The minimum Gasteiger partial charge on any atom is -0.618 e. The predicted molar refractivity (Wildman–Crippen MR) is 102 cm³/mol. The molecule has 0 bridgehead atoms. The molecule has 0 aliphatic heterocycles. The largest absolute Gasteiger partial charge is 0.618 e. The molecule has 3 aromatic rings. The number of carbonyl (C=O) groups excluding carboxylic acids is 3. The number of rotatable bonds is 7. The van der Waals surface area contributed by atoms with Crippen molar-refractivity contribution in [3.8, 4) is 0 Å². The first-order valence-electron chi connectivity index (χ1n) is 8.77. The average molecular weight is 397 g/mol. The van der Waals surface area contributed by atoms with E-state index in [0.717, 1.165) is 22.7 Å². The summed E-state index contributed by atoms with van der Waals surface area (Å²) >= 11 is 0. The van der Waals surface area contributed by atoms with Crippen molar-refractivity contribution in [1.82, 2.24) is 10.3 Å². The highest BCUT2D eigenvalue weighted by Crippen LogP contribution is 2.19. The fourth-order valence-corrected chi connectivity index (χ4v) is 2.88. The molecule has 29 heavy (non-hydrogen) atoms. The first-order chi connectivity index (χ1) is 14.0. The second-order valence-electron chi connectivity index (χ2n) is 6.19. The third-order valence-corrected chi connectivity index (χ3v) is 4.29. The highest BCUT2D eigenvalue weighted by Gasteiger charge is 2.25. The normalized spacial score (nSPS) is 11.6. The van der Waals surface area contributed by atoms with Gasteiger partial charge in [0.15, 0.2) is 12.8 Å². The van der Waals surface area contributed by atoms with E-state index in [1.165, 1.54) is 25.3 Å². The van der Waals surface area contributed by atoms with E-state index in [2.05, 4.69) is 10.3 Å². The number of hydrogen-bond acceptors (Lipinski definition) is 6. The zero-order valence-electron chi connectivity index (χ0n) is 15.6. The monoisotopic (exact) mass is 397 g/mol. The molecule has 0 fully saturated rings. The fourth-order valence-electron chi connectivity index (χ4n) is 2.88. The SMILES string of the molecule is COC(=O)[C@@H](Cc1c[nH]c2ccccc12)NC(=O)COC(=O)c1cccc[n+]1[O-]. The molecule has 0 radical (unpaired) electrons. The number of aromatic nitrogens is 2. The Bertz CT molecular complexity index is 1050. The molecule has 1 atom stereocenters. The lowest BCUT2D eigenvalue weighted by Gasteiger charge is -2.16. The van der Waals surface area contributed by atoms with E-state index in [1.807, 2.05) is 24.3 Å². The lowest BCUT2D eigenvalue weighted by molar-refractivity contribution is -0.608.